The molecule has 0 radical (unpaired) electrons. The Kier molecular flexibility index (Phi) is 7.63. The molecule has 0 saturated carbocycles. The van der Waals surface area contributed by atoms with Crippen LogP contribution in [0.4, 0.5) is 0 Å². The highest BCUT2D eigenvalue weighted by Gasteiger charge is 2.07. The van der Waals surface area contributed by atoms with E-state index in [0.717, 1.165) is 31.9 Å². The summed E-state index contributed by atoms with van der Waals surface area (Å²) >= 11 is 0. The third-order valence-corrected chi connectivity index (χ3v) is 3.65. The minimum atomic E-state index is 0.371. The Morgan fingerprint density at radius 3 is 2.35 bits per heavy atom. The van der Waals surface area contributed by atoms with Crippen molar-refractivity contribution in [2.45, 2.75) is 46.2 Å². The van der Waals surface area contributed by atoms with Crippen molar-refractivity contribution in [3.63, 3.8) is 0 Å². The first-order valence-corrected chi connectivity index (χ1v) is 7.71. The summed E-state index contributed by atoms with van der Waals surface area (Å²) in [7, 11) is 2.16. The van der Waals surface area contributed by atoms with Gasteiger partial charge in [-0.05, 0) is 51.9 Å². The minimum absolute atomic E-state index is 0.371. The van der Waals surface area contributed by atoms with Crippen molar-refractivity contribution >= 4 is 0 Å². The lowest BCUT2D eigenvalue weighted by molar-refractivity contribution is 0.270. The van der Waals surface area contributed by atoms with Gasteiger partial charge in [-0.1, -0.05) is 19.1 Å². The first-order valence-electron chi connectivity index (χ1n) is 7.71. The summed E-state index contributed by atoms with van der Waals surface area (Å²) < 4.78 is 5.60. The summed E-state index contributed by atoms with van der Waals surface area (Å²) in [5, 5.41) is 3.56. The smallest absolute Gasteiger partial charge is 0.119 e. The van der Waals surface area contributed by atoms with Crippen molar-refractivity contribution < 1.29 is 4.74 Å². The molecule has 20 heavy (non-hydrogen) atoms. The summed E-state index contributed by atoms with van der Waals surface area (Å²) in [5.41, 5.74) is 1.31. The van der Waals surface area contributed by atoms with Crippen molar-refractivity contribution in [2.75, 3.05) is 26.7 Å². The highest BCUT2D eigenvalue weighted by molar-refractivity contribution is 5.28. The van der Waals surface area contributed by atoms with Crippen LogP contribution in [0.1, 0.15) is 45.7 Å². The van der Waals surface area contributed by atoms with E-state index in [4.69, 9.17) is 4.74 Å². The maximum atomic E-state index is 5.60. The number of benzene rings is 1. The summed E-state index contributed by atoms with van der Waals surface area (Å²) in [4.78, 5) is 2.35. The van der Waals surface area contributed by atoms with Crippen LogP contribution in [0.25, 0.3) is 0 Å². The molecule has 0 saturated heterocycles. The number of hydrogen-bond acceptors (Lipinski definition) is 3. The number of rotatable bonds is 9. The molecule has 0 bridgehead atoms. The number of ether oxygens (including phenoxy) is 1. The number of nitrogens with one attached hydrogen (secondary N) is 1. The van der Waals surface area contributed by atoms with Crippen LogP contribution in [0, 0.1) is 0 Å². The molecule has 1 N–H and O–H groups in total. The fourth-order valence-electron chi connectivity index (χ4n) is 1.91. The van der Waals surface area contributed by atoms with Crippen molar-refractivity contribution in [3.05, 3.63) is 29.8 Å². The van der Waals surface area contributed by atoms with E-state index in [1.54, 1.807) is 0 Å². The second-order valence-electron chi connectivity index (χ2n) is 5.67. The average Bonchev–Trinajstić information content (AvgIpc) is 2.45. The van der Waals surface area contributed by atoms with Gasteiger partial charge in [-0.3, -0.25) is 0 Å². The second-order valence-corrected chi connectivity index (χ2v) is 5.67. The lowest BCUT2D eigenvalue weighted by atomic mass is 10.1. The predicted molar refractivity (Wildman–Crippen MR) is 86.4 cm³/mol. The molecule has 0 spiro atoms. The van der Waals surface area contributed by atoms with Crippen LogP contribution in [0.15, 0.2) is 24.3 Å². The van der Waals surface area contributed by atoms with E-state index < -0.39 is 0 Å². The Balaban J connectivity index is 2.37. The molecule has 114 valence electrons. The third-order valence-electron chi connectivity index (χ3n) is 3.65. The van der Waals surface area contributed by atoms with Gasteiger partial charge in [0.05, 0.1) is 6.61 Å². The molecule has 1 aromatic rings. The molecule has 0 heterocycles. The van der Waals surface area contributed by atoms with Gasteiger partial charge < -0.3 is 15.0 Å². The summed E-state index contributed by atoms with van der Waals surface area (Å²) in [5.74, 6) is 0.961. The highest BCUT2D eigenvalue weighted by atomic mass is 16.5. The summed E-state index contributed by atoms with van der Waals surface area (Å²) in [6.45, 7) is 11.6. The average molecular weight is 278 g/mol. The first kappa shape index (κ1) is 17.0. The maximum Gasteiger partial charge on any atom is 0.119 e. The van der Waals surface area contributed by atoms with Crippen molar-refractivity contribution in [3.8, 4) is 5.75 Å². The van der Waals surface area contributed by atoms with Crippen molar-refractivity contribution in [2.24, 2.45) is 0 Å². The van der Waals surface area contributed by atoms with E-state index in [0.29, 0.717) is 12.1 Å². The Bertz CT molecular complexity index is 362. The van der Waals surface area contributed by atoms with Gasteiger partial charge >= 0.3 is 0 Å². The van der Waals surface area contributed by atoms with Crippen LogP contribution in [-0.2, 0) is 0 Å². The van der Waals surface area contributed by atoms with Crippen molar-refractivity contribution in [1.29, 1.82) is 0 Å². The van der Waals surface area contributed by atoms with Crippen LogP contribution < -0.4 is 10.1 Å². The molecule has 3 nitrogen and oxygen atoms in total. The number of likely N-dealkylation sites (N-methyl/N-ethyl adjacent to an activating group) is 1. The van der Waals surface area contributed by atoms with Crippen LogP contribution in [-0.4, -0.2) is 37.7 Å². The zero-order valence-corrected chi connectivity index (χ0v) is 13.6. The molecule has 0 amide bonds. The van der Waals surface area contributed by atoms with Crippen LogP contribution in [0.5, 0.6) is 5.75 Å². The topological polar surface area (TPSA) is 24.5 Å². The lowest BCUT2D eigenvalue weighted by Crippen LogP contribution is -2.34. The van der Waals surface area contributed by atoms with Gasteiger partial charge in [-0.25, -0.2) is 0 Å². The Morgan fingerprint density at radius 1 is 1.15 bits per heavy atom. The molecule has 0 aliphatic heterocycles. The number of hydrogen-bond donors (Lipinski definition) is 1. The molecule has 0 fully saturated rings. The molecular formula is C17H30N2O. The molecule has 1 unspecified atom stereocenters. The zero-order chi connectivity index (χ0) is 15.0. The van der Waals surface area contributed by atoms with Gasteiger partial charge in [0, 0.05) is 25.2 Å². The molecule has 1 rings (SSSR count). The van der Waals surface area contributed by atoms with Crippen molar-refractivity contribution in [1.82, 2.24) is 10.2 Å². The molecule has 0 aliphatic carbocycles. The molecular weight excluding hydrogens is 248 g/mol. The van der Waals surface area contributed by atoms with Gasteiger partial charge in [-0.2, -0.15) is 0 Å². The monoisotopic (exact) mass is 278 g/mol. The van der Waals surface area contributed by atoms with Crippen LogP contribution >= 0.6 is 0 Å². The van der Waals surface area contributed by atoms with Crippen LogP contribution in [0.3, 0.4) is 0 Å². The minimum Gasteiger partial charge on any atom is -0.494 e. The number of nitrogens with zero attached hydrogens (tertiary/aromatic N) is 1. The molecule has 0 aromatic heterocycles. The predicted octanol–water partition coefficient (Wildman–Crippen LogP) is 3.47. The fourth-order valence-corrected chi connectivity index (χ4v) is 1.91. The van der Waals surface area contributed by atoms with E-state index >= 15 is 0 Å². The highest BCUT2D eigenvalue weighted by Crippen LogP contribution is 2.17. The third kappa shape index (κ3) is 5.93. The van der Waals surface area contributed by atoms with Gasteiger partial charge in [-0.15, -0.1) is 0 Å². The van der Waals surface area contributed by atoms with E-state index in [1.165, 1.54) is 5.56 Å². The summed E-state index contributed by atoms with van der Waals surface area (Å²) in [6, 6.07) is 9.38. The normalized spacial score (nSPS) is 12.9. The second kappa shape index (κ2) is 8.98. The maximum absolute atomic E-state index is 5.60. The Hall–Kier alpha value is -1.06. The molecule has 1 atom stereocenters. The van der Waals surface area contributed by atoms with Gasteiger partial charge in [0.15, 0.2) is 0 Å². The molecule has 0 aliphatic rings. The Labute approximate surface area is 124 Å². The zero-order valence-electron chi connectivity index (χ0n) is 13.6. The molecule has 3 heteroatoms. The summed E-state index contributed by atoms with van der Waals surface area (Å²) in [6.07, 6.45) is 1.04. The van der Waals surface area contributed by atoms with Gasteiger partial charge in [0.2, 0.25) is 0 Å². The van der Waals surface area contributed by atoms with E-state index in [2.05, 4.69) is 69.2 Å². The molecule has 1 aromatic carbocycles. The first-order chi connectivity index (χ1) is 9.54. The van der Waals surface area contributed by atoms with Crippen LogP contribution in [0.2, 0.25) is 0 Å². The van der Waals surface area contributed by atoms with E-state index in [1.807, 2.05) is 0 Å². The van der Waals surface area contributed by atoms with E-state index in [-0.39, 0.29) is 0 Å². The fraction of sp³-hybridized carbons (Fsp3) is 0.647. The standard InChI is InChI=1S/C17H30N2O/c1-6-13-20-17-9-7-16(8-10-17)15(4)18-11-12-19(5)14(2)3/h7-10,14-15,18H,6,11-13H2,1-5H3. The van der Waals surface area contributed by atoms with Gasteiger partial charge in [0.1, 0.15) is 5.75 Å². The SMILES string of the molecule is CCCOc1ccc(C(C)NCCN(C)C(C)C)cc1. The largest absolute Gasteiger partial charge is 0.494 e. The quantitative estimate of drug-likeness (QED) is 0.748. The van der Waals surface area contributed by atoms with Gasteiger partial charge in [0.25, 0.3) is 0 Å². The Morgan fingerprint density at radius 2 is 1.80 bits per heavy atom. The van der Waals surface area contributed by atoms with E-state index in [9.17, 15) is 0 Å². The lowest BCUT2D eigenvalue weighted by Gasteiger charge is -2.22.